The van der Waals surface area contributed by atoms with Gasteiger partial charge >= 0.3 is 0 Å². The lowest BCUT2D eigenvalue weighted by Gasteiger charge is -2.17. The van der Waals surface area contributed by atoms with Crippen LogP contribution in [0.1, 0.15) is 28.9 Å². The largest absolute Gasteiger partial charge is 0.372 e. The van der Waals surface area contributed by atoms with Crippen molar-refractivity contribution >= 4 is 22.9 Å². The highest BCUT2D eigenvalue weighted by Gasteiger charge is 2.13. The van der Waals surface area contributed by atoms with Gasteiger partial charge in [-0.15, -0.1) is 11.3 Å². The number of hydrogen-bond donors (Lipinski definition) is 1. The number of rotatable bonds is 6. The first kappa shape index (κ1) is 17.6. The summed E-state index contributed by atoms with van der Waals surface area (Å²) < 4.78 is 0. The lowest BCUT2D eigenvalue weighted by Crippen LogP contribution is -2.26. The van der Waals surface area contributed by atoms with E-state index in [0.29, 0.717) is 24.4 Å². The number of anilines is 1. The third-order valence-electron chi connectivity index (χ3n) is 4.58. The molecule has 0 radical (unpaired) electrons. The molecular formula is C20H21N5OS. The standard InChI is InChI=1S/C20H21N5OS/c26-19(15-4-6-17(7-5-15)25-12-1-2-13-25)23-11-8-16-14-27-20(24-16)18-21-9-3-10-22-18/h3-7,9-10,14H,1-2,8,11-13H2,(H,23,26). The van der Waals surface area contributed by atoms with Crippen molar-refractivity contribution in [2.24, 2.45) is 0 Å². The SMILES string of the molecule is O=C(NCCc1csc(-c2ncccn2)n1)c1ccc(N2CCCC2)cc1. The zero-order valence-electron chi connectivity index (χ0n) is 15.0. The Morgan fingerprint density at radius 1 is 1.11 bits per heavy atom. The molecule has 0 saturated carbocycles. The van der Waals surface area contributed by atoms with E-state index in [1.807, 2.05) is 29.6 Å². The second kappa shape index (κ2) is 8.26. The lowest BCUT2D eigenvalue weighted by atomic mass is 10.2. The molecule has 1 fully saturated rings. The van der Waals surface area contributed by atoms with E-state index in [0.717, 1.165) is 23.8 Å². The molecule has 1 saturated heterocycles. The van der Waals surface area contributed by atoms with Gasteiger partial charge in [-0.1, -0.05) is 0 Å². The number of carbonyl (C=O) groups is 1. The molecule has 0 atom stereocenters. The van der Waals surface area contributed by atoms with Crippen molar-refractivity contribution in [2.75, 3.05) is 24.5 Å². The summed E-state index contributed by atoms with van der Waals surface area (Å²) in [6.45, 7) is 2.76. The van der Waals surface area contributed by atoms with Gasteiger partial charge in [0.25, 0.3) is 5.91 Å². The second-order valence-corrected chi connectivity index (χ2v) is 7.32. The summed E-state index contributed by atoms with van der Waals surface area (Å²) in [6, 6.07) is 9.65. The summed E-state index contributed by atoms with van der Waals surface area (Å²) in [5.74, 6) is 0.584. The molecule has 1 N–H and O–H groups in total. The van der Waals surface area contributed by atoms with Gasteiger partial charge in [-0.05, 0) is 43.2 Å². The molecule has 1 aromatic carbocycles. The van der Waals surface area contributed by atoms with Crippen LogP contribution in [0.3, 0.4) is 0 Å². The first-order chi connectivity index (χ1) is 13.3. The normalized spacial score (nSPS) is 13.7. The number of amides is 1. The smallest absolute Gasteiger partial charge is 0.251 e. The molecule has 2 aromatic heterocycles. The minimum absolute atomic E-state index is 0.0511. The summed E-state index contributed by atoms with van der Waals surface area (Å²) >= 11 is 1.52. The average Bonchev–Trinajstić information content (AvgIpc) is 3.41. The van der Waals surface area contributed by atoms with Crippen molar-refractivity contribution in [3.63, 3.8) is 0 Å². The van der Waals surface area contributed by atoms with E-state index in [1.54, 1.807) is 18.5 Å². The van der Waals surface area contributed by atoms with Gasteiger partial charge in [-0.25, -0.2) is 15.0 Å². The maximum absolute atomic E-state index is 12.3. The molecule has 138 valence electrons. The molecule has 6 nitrogen and oxygen atoms in total. The molecule has 7 heteroatoms. The van der Waals surface area contributed by atoms with Crippen molar-refractivity contribution < 1.29 is 4.79 Å². The van der Waals surface area contributed by atoms with Crippen molar-refractivity contribution in [1.82, 2.24) is 20.3 Å². The molecule has 1 aliphatic heterocycles. The fourth-order valence-corrected chi connectivity index (χ4v) is 3.94. The highest BCUT2D eigenvalue weighted by molar-refractivity contribution is 7.13. The van der Waals surface area contributed by atoms with Gasteiger partial charge in [0.2, 0.25) is 0 Å². The molecule has 1 aliphatic rings. The minimum atomic E-state index is -0.0511. The maximum Gasteiger partial charge on any atom is 0.251 e. The molecule has 0 unspecified atom stereocenters. The maximum atomic E-state index is 12.3. The van der Waals surface area contributed by atoms with Crippen molar-refractivity contribution in [3.05, 3.63) is 59.4 Å². The van der Waals surface area contributed by atoms with Crippen LogP contribution >= 0.6 is 11.3 Å². The van der Waals surface area contributed by atoms with Crippen LogP contribution in [-0.2, 0) is 6.42 Å². The van der Waals surface area contributed by atoms with E-state index in [9.17, 15) is 4.79 Å². The molecule has 0 bridgehead atoms. The summed E-state index contributed by atoms with van der Waals surface area (Å²) in [5, 5.41) is 5.76. The molecule has 0 spiro atoms. The van der Waals surface area contributed by atoms with Crippen molar-refractivity contribution in [3.8, 4) is 10.8 Å². The Morgan fingerprint density at radius 3 is 2.59 bits per heavy atom. The van der Waals surface area contributed by atoms with Gasteiger partial charge in [0.1, 0.15) is 0 Å². The fourth-order valence-electron chi connectivity index (χ4n) is 3.14. The zero-order chi connectivity index (χ0) is 18.5. The van der Waals surface area contributed by atoms with Gasteiger partial charge < -0.3 is 10.2 Å². The lowest BCUT2D eigenvalue weighted by molar-refractivity contribution is 0.0954. The second-order valence-electron chi connectivity index (χ2n) is 6.46. The van der Waals surface area contributed by atoms with Crippen LogP contribution in [0.4, 0.5) is 5.69 Å². The monoisotopic (exact) mass is 379 g/mol. The van der Waals surface area contributed by atoms with Crippen LogP contribution in [0.25, 0.3) is 10.8 Å². The zero-order valence-corrected chi connectivity index (χ0v) is 15.8. The van der Waals surface area contributed by atoms with E-state index in [-0.39, 0.29) is 5.91 Å². The Morgan fingerprint density at radius 2 is 1.85 bits per heavy atom. The molecule has 1 amide bonds. The van der Waals surface area contributed by atoms with Gasteiger partial charge in [0, 0.05) is 55.1 Å². The average molecular weight is 379 g/mol. The van der Waals surface area contributed by atoms with Crippen LogP contribution in [0.15, 0.2) is 48.1 Å². The van der Waals surface area contributed by atoms with Gasteiger partial charge in [0.15, 0.2) is 10.8 Å². The Labute approximate surface area is 162 Å². The van der Waals surface area contributed by atoms with Crippen molar-refractivity contribution in [1.29, 1.82) is 0 Å². The predicted molar refractivity (Wildman–Crippen MR) is 107 cm³/mol. The molecule has 27 heavy (non-hydrogen) atoms. The Balaban J connectivity index is 1.29. The van der Waals surface area contributed by atoms with Gasteiger partial charge in [0.05, 0.1) is 5.69 Å². The van der Waals surface area contributed by atoms with E-state index in [2.05, 4.69) is 25.2 Å². The van der Waals surface area contributed by atoms with Crippen LogP contribution in [-0.4, -0.2) is 40.5 Å². The topological polar surface area (TPSA) is 71.0 Å². The molecule has 3 heterocycles. The van der Waals surface area contributed by atoms with Crippen LogP contribution in [0.2, 0.25) is 0 Å². The summed E-state index contributed by atoms with van der Waals surface area (Å²) in [4.78, 5) is 27.7. The van der Waals surface area contributed by atoms with Crippen LogP contribution in [0, 0.1) is 0 Å². The van der Waals surface area contributed by atoms with E-state index >= 15 is 0 Å². The third kappa shape index (κ3) is 4.31. The molecule has 0 aliphatic carbocycles. The Hall–Kier alpha value is -2.80. The Bertz CT molecular complexity index is 888. The van der Waals surface area contributed by atoms with Gasteiger partial charge in [-0.2, -0.15) is 0 Å². The summed E-state index contributed by atoms with van der Waals surface area (Å²) in [6.07, 6.45) is 6.59. The highest BCUT2D eigenvalue weighted by atomic mass is 32.1. The highest BCUT2D eigenvalue weighted by Crippen LogP contribution is 2.21. The molecular weight excluding hydrogens is 358 g/mol. The summed E-state index contributed by atoms with van der Waals surface area (Å²) in [7, 11) is 0. The minimum Gasteiger partial charge on any atom is -0.372 e. The molecule has 4 rings (SSSR count). The van der Waals surface area contributed by atoms with E-state index in [4.69, 9.17) is 0 Å². The third-order valence-corrected chi connectivity index (χ3v) is 5.46. The number of nitrogens with zero attached hydrogens (tertiary/aromatic N) is 4. The number of aromatic nitrogens is 3. The number of benzene rings is 1. The Kier molecular flexibility index (Phi) is 5.39. The van der Waals surface area contributed by atoms with Crippen LogP contribution < -0.4 is 10.2 Å². The summed E-state index contributed by atoms with van der Waals surface area (Å²) in [5.41, 5.74) is 2.82. The predicted octanol–water partition coefficient (Wildman–Crippen LogP) is 3.17. The number of nitrogens with one attached hydrogen (secondary N) is 1. The van der Waals surface area contributed by atoms with Crippen LogP contribution in [0.5, 0.6) is 0 Å². The first-order valence-corrected chi connectivity index (χ1v) is 10.0. The number of hydrogen-bond acceptors (Lipinski definition) is 6. The van der Waals surface area contributed by atoms with E-state index < -0.39 is 0 Å². The number of carbonyl (C=O) groups excluding carboxylic acids is 1. The molecule has 3 aromatic rings. The van der Waals surface area contributed by atoms with Crippen molar-refractivity contribution in [2.45, 2.75) is 19.3 Å². The first-order valence-electron chi connectivity index (χ1n) is 9.14. The van der Waals surface area contributed by atoms with Gasteiger partial charge in [-0.3, -0.25) is 4.79 Å². The fraction of sp³-hybridized carbons (Fsp3) is 0.300. The quantitative estimate of drug-likeness (QED) is 0.712. The number of thiazole rings is 1. The van der Waals surface area contributed by atoms with E-state index in [1.165, 1.54) is 29.9 Å².